The van der Waals surface area contributed by atoms with Gasteiger partial charge in [-0.25, -0.2) is 9.78 Å². The van der Waals surface area contributed by atoms with E-state index < -0.39 is 42.2 Å². The number of hydrogen-bond donors (Lipinski definition) is 1. The number of hydrogen-bond acceptors (Lipinski definition) is 6. The smallest absolute Gasteiger partial charge is 0.433 e. The normalized spacial score (nSPS) is 15.5. The van der Waals surface area contributed by atoms with Crippen LogP contribution in [0.25, 0.3) is 0 Å². The topological polar surface area (TPSA) is 98.6 Å². The number of carbonyl (C=O) groups excluding carboxylic acids is 1. The second-order valence-corrected chi connectivity index (χ2v) is 9.57. The summed E-state index contributed by atoms with van der Waals surface area (Å²) in [4.78, 5) is 33.4. The maximum absolute atomic E-state index is 13.5. The Morgan fingerprint density at radius 2 is 1.51 bits per heavy atom. The average Bonchev–Trinajstić information content (AvgIpc) is 2.93. The lowest BCUT2D eigenvalue weighted by atomic mass is 9.80. The molecule has 1 aliphatic rings. The molecule has 1 aromatic heterocycles. The molecule has 0 saturated heterocycles. The van der Waals surface area contributed by atoms with Crippen LogP contribution in [0.15, 0.2) is 66.7 Å². The first-order valence-corrected chi connectivity index (χ1v) is 12.7. The van der Waals surface area contributed by atoms with Gasteiger partial charge in [0.2, 0.25) is 6.10 Å². The molecule has 0 spiro atoms. The first kappa shape index (κ1) is 28.2. The van der Waals surface area contributed by atoms with Gasteiger partial charge in [0.05, 0.1) is 0 Å². The number of halogens is 3. The molecule has 2 aromatic carbocycles. The fourth-order valence-electron chi connectivity index (χ4n) is 4.96. The summed E-state index contributed by atoms with van der Waals surface area (Å²) < 4.78 is 52.4. The van der Waals surface area contributed by atoms with Gasteiger partial charge in [-0.1, -0.05) is 79.9 Å². The molecule has 1 N–H and O–H groups in total. The number of carbonyl (C=O) groups is 2. The first-order chi connectivity index (χ1) is 18.6. The van der Waals surface area contributed by atoms with Crippen molar-refractivity contribution in [3.05, 3.63) is 89.2 Å². The minimum absolute atomic E-state index is 0.0603. The molecular formula is C29H29F3N2O5. The molecule has 0 radical (unpaired) electrons. The molecule has 1 heterocycles. The minimum atomic E-state index is -4.80. The van der Waals surface area contributed by atoms with Gasteiger partial charge in [0.15, 0.2) is 17.1 Å². The highest BCUT2D eigenvalue weighted by molar-refractivity contribution is 5.82. The Bertz CT molecular complexity index is 1240. The summed E-state index contributed by atoms with van der Waals surface area (Å²) in [6.45, 7) is 0.907. The zero-order valence-corrected chi connectivity index (χ0v) is 21.4. The molecule has 4 rings (SSSR count). The number of carboxylic acids is 1. The number of ketones is 1. The lowest BCUT2D eigenvalue weighted by molar-refractivity contribution is -0.167. The zero-order valence-electron chi connectivity index (χ0n) is 21.4. The van der Waals surface area contributed by atoms with Crippen LogP contribution in [0.2, 0.25) is 0 Å². The number of aliphatic carboxylic acids is 1. The minimum Gasteiger partial charge on any atom is -0.478 e. The maximum Gasteiger partial charge on any atom is 0.433 e. The van der Waals surface area contributed by atoms with E-state index in [0.717, 1.165) is 38.2 Å². The molecule has 0 bridgehead atoms. The van der Waals surface area contributed by atoms with Gasteiger partial charge >= 0.3 is 18.2 Å². The van der Waals surface area contributed by atoms with Crippen LogP contribution >= 0.6 is 0 Å². The van der Waals surface area contributed by atoms with Crippen molar-refractivity contribution < 1.29 is 37.3 Å². The summed E-state index contributed by atoms with van der Waals surface area (Å²) in [7, 11) is 0. The third-order valence-corrected chi connectivity index (χ3v) is 6.85. The summed E-state index contributed by atoms with van der Waals surface area (Å²) in [6, 6.07) is 16.6. The Morgan fingerprint density at radius 1 is 0.949 bits per heavy atom. The molecule has 7 nitrogen and oxygen atoms in total. The fourth-order valence-corrected chi connectivity index (χ4v) is 4.96. The highest BCUT2D eigenvalue weighted by Gasteiger charge is 2.51. The van der Waals surface area contributed by atoms with Crippen LogP contribution in [0.4, 0.5) is 13.2 Å². The Kier molecular flexibility index (Phi) is 8.64. The van der Waals surface area contributed by atoms with Gasteiger partial charge in [0.25, 0.3) is 0 Å². The third-order valence-electron chi connectivity index (χ3n) is 6.85. The van der Waals surface area contributed by atoms with E-state index in [4.69, 9.17) is 9.47 Å². The number of alkyl halides is 3. The maximum atomic E-state index is 13.5. The van der Waals surface area contributed by atoms with Gasteiger partial charge in [0, 0.05) is 11.6 Å². The quantitative estimate of drug-likeness (QED) is 0.349. The number of ether oxygens (including phenoxy) is 2. The molecule has 3 aromatic rings. The molecule has 1 atom stereocenters. The SMILES string of the molecule is Cc1cc(C(F)(F)F)nc(OC(C(=O)O)C(OCC(=O)C2CCCCC2)(c2ccccc2)c2ccccc2)n1. The van der Waals surface area contributed by atoms with E-state index in [1.807, 2.05) is 0 Å². The van der Waals surface area contributed by atoms with Crippen LogP contribution < -0.4 is 4.74 Å². The summed E-state index contributed by atoms with van der Waals surface area (Å²) in [5.74, 6) is -1.91. The lowest BCUT2D eigenvalue weighted by Crippen LogP contribution is -2.52. The van der Waals surface area contributed by atoms with Crippen LogP contribution in [0.5, 0.6) is 6.01 Å². The lowest BCUT2D eigenvalue weighted by Gasteiger charge is -2.39. The molecule has 1 unspecified atom stereocenters. The van der Waals surface area contributed by atoms with Crippen LogP contribution in [0.1, 0.15) is 54.6 Å². The van der Waals surface area contributed by atoms with E-state index in [1.165, 1.54) is 6.92 Å². The molecule has 0 amide bonds. The highest BCUT2D eigenvalue weighted by Crippen LogP contribution is 2.40. The summed E-state index contributed by atoms with van der Waals surface area (Å²) >= 11 is 0. The van der Waals surface area contributed by atoms with Crippen molar-refractivity contribution in [2.24, 2.45) is 5.92 Å². The Hall–Kier alpha value is -3.79. The van der Waals surface area contributed by atoms with Gasteiger partial charge in [-0.2, -0.15) is 18.2 Å². The Labute approximate surface area is 224 Å². The van der Waals surface area contributed by atoms with Crippen molar-refractivity contribution in [1.82, 2.24) is 9.97 Å². The van der Waals surface area contributed by atoms with Crippen molar-refractivity contribution in [3.8, 4) is 6.01 Å². The predicted octanol–water partition coefficient (Wildman–Crippen LogP) is 5.75. The van der Waals surface area contributed by atoms with Crippen LogP contribution in [0, 0.1) is 12.8 Å². The molecule has 0 aliphatic heterocycles. The van der Waals surface area contributed by atoms with E-state index in [9.17, 15) is 27.9 Å². The van der Waals surface area contributed by atoms with Crippen molar-refractivity contribution >= 4 is 11.8 Å². The predicted molar refractivity (Wildman–Crippen MR) is 135 cm³/mol. The standard InChI is InChI=1S/C29H29F3N2O5/c1-19-17-24(29(30,31)32)34-27(33-19)39-25(26(36)37)28(21-13-7-3-8-14-21,22-15-9-4-10-16-22)38-18-23(35)20-11-5-2-6-12-20/h3-4,7-10,13-17,20,25H,2,5-6,11-12,18H2,1H3,(H,36,37). The number of Topliss-reactive ketones (excluding diaryl/α,β-unsaturated/α-hetero) is 1. The van der Waals surface area contributed by atoms with Gasteiger partial charge in [-0.05, 0) is 37.0 Å². The molecule has 39 heavy (non-hydrogen) atoms. The van der Waals surface area contributed by atoms with E-state index in [-0.39, 0.29) is 17.4 Å². The van der Waals surface area contributed by atoms with Gasteiger partial charge in [-0.3, -0.25) is 4.79 Å². The zero-order chi connectivity index (χ0) is 28.0. The first-order valence-electron chi connectivity index (χ1n) is 12.7. The monoisotopic (exact) mass is 542 g/mol. The van der Waals surface area contributed by atoms with E-state index >= 15 is 0 Å². The second kappa shape index (κ2) is 11.9. The van der Waals surface area contributed by atoms with Crippen molar-refractivity contribution in [1.29, 1.82) is 0 Å². The van der Waals surface area contributed by atoms with Crippen molar-refractivity contribution in [2.75, 3.05) is 6.61 Å². The van der Waals surface area contributed by atoms with Gasteiger partial charge < -0.3 is 14.6 Å². The van der Waals surface area contributed by atoms with Crippen molar-refractivity contribution in [3.63, 3.8) is 0 Å². The Morgan fingerprint density at radius 3 is 2.03 bits per heavy atom. The molecular weight excluding hydrogens is 513 g/mol. The molecule has 1 saturated carbocycles. The van der Waals surface area contributed by atoms with Crippen LogP contribution in [0.3, 0.4) is 0 Å². The second-order valence-electron chi connectivity index (χ2n) is 9.57. The van der Waals surface area contributed by atoms with E-state index in [1.54, 1.807) is 60.7 Å². The average molecular weight is 543 g/mol. The number of aryl methyl sites for hydroxylation is 1. The van der Waals surface area contributed by atoms with E-state index in [2.05, 4.69) is 9.97 Å². The van der Waals surface area contributed by atoms with Gasteiger partial charge in [-0.15, -0.1) is 0 Å². The summed E-state index contributed by atoms with van der Waals surface area (Å²) in [5.41, 5.74) is -2.58. The molecule has 1 fully saturated rings. The van der Waals surface area contributed by atoms with Gasteiger partial charge in [0.1, 0.15) is 6.61 Å². The number of aromatic nitrogens is 2. The highest BCUT2D eigenvalue weighted by atomic mass is 19.4. The number of carboxylic acid groups (broad SMARTS) is 1. The van der Waals surface area contributed by atoms with Crippen molar-refractivity contribution in [2.45, 2.75) is 56.9 Å². The number of rotatable bonds is 10. The molecule has 10 heteroatoms. The molecule has 1 aliphatic carbocycles. The number of benzene rings is 2. The fraction of sp³-hybridized carbons (Fsp3) is 0.379. The summed E-state index contributed by atoms with van der Waals surface area (Å²) in [5, 5.41) is 10.4. The Balaban J connectivity index is 1.84. The number of nitrogens with zero attached hydrogens (tertiary/aromatic N) is 2. The van der Waals surface area contributed by atoms with Crippen LogP contribution in [-0.2, 0) is 26.1 Å². The summed E-state index contributed by atoms with van der Waals surface area (Å²) in [6.07, 6.45) is -2.41. The largest absolute Gasteiger partial charge is 0.478 e. The third kappa shape index (κ3) is 6.44. The molecule has 206 valence electrons. The van der Waals surface area contributed by atoms with E-state index in [0.29, 0.717) is 11.1 Å². The van der Waals surface area contributed by atoms with Crippen LogP contribution in [-0.4, -0.2) is 39.5 Å².